The summed E-state index contributed by atoms with van der Waals surface area (Å²) in [5.41, 5.74) is 1.13. The summed E-state index contributed by atoms with van der Waals surface area (Å²) in [4.78, 5) is 12.9. The highest BCUT2D eigenvalue weighted by atomic mass is 127. The number of rotatable bonds is 8. The lowest BCUT2D eigenvalue weighted by atomic mass is 10.0. The molecule has 1 fully saturated rings. The molecular formula is C21H31ClIN5OS. The maximum atomic E-state index is 6.53. The number of hydrogen-bond acceptors (Lipinski definition) is 5. The summed E-state index contributed by atoms with van der Waals surface area (Å²) in [5.74, 6) is 0.797. The maximum absolute atomic E-state index is 6.53. The van der Waals surface area contributed by atoms with Gasteiger partial charge in [-0.2, -0.15) is 0 Å². The molecule has 0 radical (unpaired) electrons. The van der Waals surface area contributed by atoms with Gasteiger partial charge in [-0.1, -0.05) is 36.7 Å². The lowest BCUT2D eigenvalue weighted by Crippen LogP contribution is -2.46. The number of halogens is 2. The quantitative estimate of drug-likeness (QED) is 0.288. The lowest BCUT2D eigenvalue weighted by Gasteiger charge is -2.35. The number of aliphatic imine (C=N–C) groups is 1. The zero-order chi connectivity index (χ0) is 20.5. The van der Waals surface area contributed by atoms with Gasteiger partial charge in [-0.3, -0.25) is 4.90 Å². The number of benzene rings is 1. The van der Waals surface area contributed by atoms with Crippen molar-refractivity contribution in [2.24, 2.45) is 4.99 Å². The van der Waals surface area contributed by atoms with Gasteiger partial charge in [0.2, 0.25) is 0 Å². The average molecular weight is 564 g/mol. The fourth-order valence-electron chi connectivity index (χ4n) is 3.34. The SMILES string of the molecule is CCNC(=NCc1ncc(CC)s1)NCC(c1ccccc1Cl)N1CCOCC1.I. The average Bonchev–Trinajstić information content (AvgIpc) is 3.22. The number of thiazole rings is 1. The molecule has 0 aliphatic carbocycles. The Hall–Kier alpha value is -0.940. The predicted molar refractivity (Wildman–Crippen MR) is 136 cm³/mol. The van der Waals surface area contributed by atoms with Crippen LogP contribution in [0.1, 0.15) is 35.3 Å². The van der Waals surface area contributed by atoms with Crippen molar-refractivity contribution in [3.63, 3.8) is 0 Å². The number of ether oxygens (including phenoxy) is 1. The molecule has 1 atom stereocenters. The van der Waals surface area contributed by atoms with Crippen LogP contribution in [-0.4, -0.2) is 55.2 Å². The van der Waals surface area contributed by atoms with E-state index in [4.69, 9.17) is 21.3 Å². The number of hydrogen-bond donors (Lipinski definition) is 2. The van der Waals surface area contributed by atoms with Crippen LogP contribution in [-0.2, 0) is 17.7 Å². The number of morpholine rings is 1. The van der Waals surface area contributed by atoms with Gasteiger partial charge < -0.3 is 15.4 Å². The summed E-state index contributed by atoms with van der Waals surface area (Å²) in [6, 6.07) is 8.23. The second-order valence-electron chi connectivity index (χ2n) is 6.84. The molecule has 0 saturated carbocycles. The summed E-state index contributed by atoms with van der Waals surface area (Å²) < 4.78 is 5.54. The molecule has 1 saturated heterocycles. The zero-order valence-electron chi connectivity index (χ0n) is 17.6. The van der Waals surface area contributed by atoms with E-state index in [0.29, 0.717) is 13.1 Å². The number of nitrogens with one attached hydrogen (secondary N) is 2. The highest BCUT2D eigenvalue weighted by molar-refractivity contribution is 14.0. The molecule has 1 aromatic carbocycles. The fraction of sp³-hybridized carbons (Fsp3) is 0.524. The molecule has 1 aromatic heterocycles. The zero-order valence-corrected chi connectivity index (χ0v) is 21.5. The molecule has 9 heteroatoms. The Morgan fingerprint density at radius 3 is 2.70 bits per heavy atom. The van der Waals surface area contributed by atoms with Crippen molar-refractivity contribution in [1.82, 2.24) is 20.5 Å². The molecule has 2 heterocycles. The first-order valence-corrected chi connectivity index (χ1v) is 11.4. The molecule has 0 bridgehead atoms. The van der Waals surface area contributed by atoms with Crippen LogP contribution < -0.4 is 10.6 Å². The van der Waals surface area contributed by atoms with Gasteiger partial charge in [0.05, 0.1) is 25.8 Å². The van der Waals surface area contributed by atoms with Crippen molar-refractivity contribution in [1.29, 1.82) is 0 Å². The van der Waals surface area contributed by atoms with Gasteiger partial charge in [-0.05, 0) is 25.0 Å². The van der Waals surface area contributed by atoms with E-state index in [2.05, 4.69) is 40.4 Å². The number of guanidine groups is 1. The molecular weight excluding hydrogens is 533 g/mol. The van der Waals surface area contributed by atoms with Gasteiger partial charge in [-0.15, -0.1) is 35.3 Å². The molecule has 30 heavy (non-hydrogen) atoms. The monoisotopic (exact) mass is 563 g/mol. The molecule has 6 nitrogen and oxygen atoms in total. The van der Waals surface area contributed by atoms with E-state index in [-0.39, 0.29) is 30.0 Å². The van der Waals surface area contributed by atoms with Gasteiger partial charge >= 0.3 is 0 Å². The van der Waals surface area contributed by atoms with Crippen LogP contribution in [0.2, 0.25) is 5.02 Å². The molecule has 1 aliphatic heterocycles. The Labute approximate surface area is 205 Å². The van der Waals surface area contributed by atoms with E-state index in [1.807, 2.05) is 24.4 Å². The highest BCUT2D eigenvalue weighted by Crippen LogP contribution is 2.27. The van der Waals surface area contributed by atoms with Crippen LogP contribution in [0.15, 0.2) is 35.5 Å². The van der Waals surface area contributed by atoms with Crippen LogP contribution in [0.4, 0.5) is 0 Å². The summed E-state index contributed by atoms with van der Waals surface area (Å²) in [6.07, 6.45) is 2.96. The predicted octanol–water partition coefficient (Wildman–Crippen LogP) is 4.11. The topological polar surface area (TPSA) is 61.8 Å². The van der Waals surface area contributed by atoms with Gasteiger partial charge in [0.15, 0.2) is 5.96 Å². The van der Waals surface area contributed by atoms with Crippen molar-refractivity contribution in [2.45, 2.75) is 32.9 Å². The number of nitrogens with zero attached hydrogens (tertiary/aromatic N) is 3. The third-order valence-electron chi connectivity index (χ3n) is 4.88. The standard InChI is InChI=1S/C21H30ClN5OS.HI/c1-3-16-13-24-20(29-16)15-26-21(23-4-2)25-14-19(27-9-11-28-12-10-27)17-7-5-6-8-18(17)22;/h5-8,13,19H,3-4,9-12,14-15H2,1-2H3,(H2,23,25,26);1H. The minimum absolute atomic E-state index is 0. The molecule has 0 spiro atoms. The first kappa shape index (κ1) is 25.3. The van der Waals surface area contributed by atoms with E-state index in [1.165, 1.54) is 4.88 Å². The van der Waals surface area contributed by atoms with Crippen LogP contribution in [0.5, 0.6) is 0 Å². The molecule has 3 rings (SSSR count). The van der Waals surface area contributed by atoms with Gasteiger partial charge in [0, 0.05) is 42.3 Å². The van der Waals surface area contributed by atoms with E-state index in [1.54, 1.807) is 11.3 Å². The van der Waals surface area contributed by atoms with Crippen molar-refractivity contribution >= 4 is 52.9 Å². The summed E-state index contributed by atoms with van der Waals surface area (Å²) >= 11 is 8.26. The minimum atomic E-state index is 0. The van der Waals surface area contributed by atoms with E-state index >= 15 is 0 Å². The Morgan fingerprint density at radius 2 is 2.03 bits per heavy atom. The van der Waals surface area contributed by atoms with Crippen molar-refractivity contribution in [3.05, 3.63) is 50.9 Å². The second kappa shape index (κ2) is 13.5. The second-order valence-corrected chi connectivity index (χ2v) is 8.44. The van der Waals surface area contributed by atoms with Gasteiger partial charge in [0.1, 0.15) is 5.01 Å². The summed E-state index contributed by atoms with van der Waals surface area (Å²) in [6.45, 7) is 9.60. The Kier molecular flexibility index (Phi) is 11.4. The van der Waals surface area contributed by atoms with Crippen molar-refractivity contribution in [3.8, 4) is 0 Å². The highest BCUT2D eigenvalue weighted by Gasteiger charge is 2.24. The number of aryl methyl sites for hydroxylation is 1. The van der Waals surface area contributed by atoms with Gasteiger partial charge in [0.25, 0.3) is 0 Å². The summed E-state index contributed by atoms with van der Waals surface area (Å²) in [5, 5.41) is 8.68. The molecule has 1 unspecified atom stereocenters. The molecule has 166 valence electrons. The van der Waals surface area contributed by atoms with E-state index in [0.717, 1.165) is 60.8 Å². The normalized spacial score (nSPS) is 16.0. The van der Waals surface area contributed by atoms with E-state index < -0.39 is 0 Å². The third kappa shape index (κ3) is 7.33. The minimum Gasteiger partial charge on any atom is -0.379 e. The Bertz CT molecular complexity index is 797. The third-order valence-corrected chi connectivity index (χ3v) is 6.35. The molecule has 2 N–H and O–H groups in total. The van der Waals surface area contributed by atoms with Gasteiger partial charge in [-0.25, -0.2) is 9.98 Å². The molecule has 2 aromatic rings. The Balaban J connectivity index is 0.00000320. The first-order chi connectivity index (χ1) is 14.2. The Morgan fingerprint density at radius 1 is 1.27 bits per heavy atom. The fourth-order valence-corrected chi connectivity index (χ4v) is 4.39. The van der Waals surface area contributed by atoms with Crippen molar-refractivity contribution in [2.75, 3.05) is 39.4 Å². The smallest absolute Gasteiger partial charge is 0.191 e. The summed E-state index contributed by atoms with van der Waals surface area (Å²) in [7, 11) is 0. The van der Waals surface area contributed by atoms with E-state index in [9.17, 15) is 0 Å². The maximum Gasteiger partial charge on any atom is 0.191 e. The number of aromatic nitrogens is 1. The van der Waals surface area contributed by atoms with Crippen LogP contribution >= 0.6 is 46.9 Å². The first-order valence-electron chi connectivity index (χ1n) is 10.2. The molecule has 1 aliphatic rings. The van der Waals surface area contributed by atoms with Crippen LogP contribution in [0.3, 0.4) is 0 Å². The molecule has 0 amide bonds. The largest absolute Gasteiger partial charge is 0.379 e. The van der Waals surface area contributed by atoms with Crippen LogP contribution in [0, 0.1) is 0 Å². The van der Waals surface area contributed by atoms with Crippen LogP contribution in [0.25, 0.3) is 0 Å². The lowest BCUT2D eigenvalue weighted by molar-refractivity contribution is 0.0170. The van der Waals surface area contributed by atoms with Crippen molar-refractivity contribution < 1.29 is 4.74 Å².